The molecule has 1 aliphatic rings. The van der Waals surface area contributed by atoms with E-state index in [1.165, 1.54) is 11.6 Å². The topological polar surface area (TPSA) is 63.7 Å². The number of ether oxygens (including phenoxy) is 1. The van der Waals surface area contributed by atoms with Gasteiger partial charge in [-0.15, -0.1) is 0 Å². The number of amides is 1. The van der Waals surface area contributed by atoms with Gasteiger partial charge in [-0.1, -0.05) is 38.1 Å². The Bertz CT molecular complexity index is 707. The van der Waals surface area contributed by atoms with Gasteiger partial charge in [0.05, 0.1) is 18.1 Å². The molecule has 138 valence electrons. The first-order valence-electron chi connectivity index (χ1n) is 8.60. The average Bonchev–Trinajstić information content (AvgIpc) is 2.93. The van der Waals surface area contributed by atoms with E-state index in [-0.39, 0.29) is 23.5 Å². The highest BCUT2D eigenvalue weighted by molar-refractivity contribution is 7.91. The molecule has 1 aliphatic heterocycles. The first-order chi connectivity index (χ1) is 11.8. The van der Waals surface area contributed by atoms with Crippen LogP contribution in [0, 0.1) is 0 Å². The second-order valence-electron chi connectivity index (χ2n) is 6.74. The van der Waals surface area contributed by atoms with Gasteiger partial charge in [-0.05, 0) is 29.5 Å². The summed E-state index contributed by atoms with van der Waals surface area (Å²) in [5, 5.41) is 0. The smallest absolute Gasteiger partial charge is 0.246 e. The molecule has 0 spiro atoms. The second-order valence-corrected chi connectivity index (χ2v) is 8.96. The van der Waals surface area contributed by atoms with Gasteiger partial charge in [0.1, 0.15) is 0 Å². The Morgan fingerprint density at radius 2 is 2.00 bits per heavy atom. The third kappa shape index (κ3) is 5.68. The molecule has 1 atom stereocenters. The minimum atomic E-state index is -3.04. The number of carbonyl (C=O) groups excluding carboxylic acids is 1. The van der Waals surface area contributed by atoms with Crippen LogP contribution in [0.1, 0.15) is 37.3 Å². The fourth-order valence-corrected chi connectivity index (χ4v) is 4.67. The van der Waals surface area contributed by atoms with Crippen LogP contribution in [0.3, 0.4) is 0 Å². The van der Waals surface area contributed by atoms with Crippen molar-refractivity contribution in [2.75, 3.05) is 31.8 Å². The summed E-state index contributed by atoms with van der Waals surface area (Å²) in [7, 11) is -1.47. The molecule has 0 radical (unpaired) electrons. The number of rotatable bonds is 7. The summed E-state index contributed by atoms with van der Waals surface area (Å²) >= 11 is 0. The lowest BCUT2D eigenvalue weighted by Crippen LogP contribution is -2.42. The number of sulfone groups is 1. The zero-order valence-corrected chi connectivity index (χ0v) is 16.0. The molecule has 1 unspecified atom stereocenters. The maximum absolute atomic E-state index is 12.6. The van der Waals surface area contributed by atoms with Gasteiger partial charge in [0, 0.05) is 25.8 Å². The van der Waals surface area contributed by atoms with E-state index in [0.29, 0.717) is 25.5 Å². The lowest BCUT2D eigenvalue weighted by Gasteiger charge is -2.26. The van der Waals surface area contributed by atoms with E-state index in [4.69, 9.17) is 4.74 Å². The first-order valence-corrected chi connectivity index (χ1v) is 10.4. The van der Waals surface area contributed by atoms with Crippen molar-refractivity contribution in [2.24, 2.45) is 0 Å². The minimum absolute atomic E-state index is 0.0411. The van der Waals surface area contributed by atoms with E-state index < -0.39 is 9.84 Å². The molecule has 0 aliphatic carbocycles. The molecule has 1 aromatic rings. The standard InChI is InChI=1S/C19H27NO4S/c1-15(2)17-7-4-16(5-8-17)6-9-19(21)20(11-12-24-3)18-10-13-25(22,23)14-18/h4-9,15,18H,10-14H2,1-3H3/b9-6+. The summed E-state index contributed by atoms with van der Waals surface area (Å²) in [5.41, 5.74) is 2.20. The fraction of sp³-hybridized carbons (Fsp3) is 0.526. The number of carbonyl (C=O) groups is 1. The normalized spacial score (nSPS) is 19.6. The van der Waals surface area contributed by atoms with Crippen molar-refractivity contribution in [3.8, 4) is 0 Å². The molecule has 25 heavy (non-hydrogen) atoms. The van der Waals surface area contributed by atoms with Crippen LogP contribution >= 0.6 is 0 Å². The SMILES string of the molecule is COCCN(C(=O)/C=C/c1ccc(C(C)C)cc1)C1CCS(=O)(=O)C1. The Labute approximate surface area is 150 Å². The molecule has 0 saturated carbocycles. The van der Waals surface area contributed by atoms with Crippen molar-refractivity contribution in [1.29, 1.82) is 0 Å². The van der Waals surface area contributed by atoms with Crippen molar-refractivity contribution < 1.29 is 17.9 Å². The van der Waals surface area contributed by atoms with Crippen LogP contribution in [0.15, 0.2) is 30.3 Å². The molecule has 1 fully saturated rings. The molecule has 2 rings (SSSR count). The Hall–Kier alpha value is -1.66. The van der Waals surface area contributed by atoms with Gasteiger partial charge in [0.15, 0.2) is 9.84 Å². The van der Waals surface area contributed by atoms with Gasteiger partial charge in [-0.3, -0.25) is 4.79 Å². The van der Waals surface area contributed by atoms with Crippen LogP contribution in [0.4, 0.5) is 0 Å². The monoisotopic (exact) mass is 365 g/mol. The van der Waals surface area contributed by atoms with Crippen molar-refractivity contribution in [1.82, 2.24) is 4.90 Å². The average molecular weight is 365 g/mol. The molecule has 1 amide bonds. The van der Waals surface area contributed by atoms with E-state index in [0.717, 1.165) is 5.56 Å². The predicted octanol–water partition coefficient (Wildman–Crippen LogP) is 2.49. The predicted molar refractivity (Wildman–Crippen MR) is 100 cm³/mol. The lowest BCUT2D eigenvalue weighted by atomic mass is 10.0. The molecule has 0 N–H and O–H groups in total. The third-order valence-electron chi connectivity index (χ3n) is 4.49. The summed E-state index contributed by atoms with van der Waals surface area (Å²) in [4.78, 5) is 14.2. The highest BCUT2D eigenvalue weighted by Gasteiger charge is 2.33. The highest BCUT2D eigenvalue weighted by atomic mass is 32.2. The van der Waals surface area contributed by atoms with E-state index in [1.54, 1.807) is 18.1 Å². The molecule has 1 aromatic carbocycles. The fourth-order valence-electron chi connectivity index (χ4n) is 2.94. The van der Waals surface area contributed by atoms with Crippen molar-refractivity contribution in [3.63, 3.8) is 0 Å². The zero-order chi connectivity index (χ0) is 18.4. The van der Waals surface area contributed by atoms with Gasteiger partial charge in [0.2, 0.25) is 5.91 Å². The Morgan fingerprint density at radius 1 is 1.32 bits per heavy atom. The third-order valence-corrected chi connectivity index (χ3v) is 6.24. The van der Waals surface area contributed by atoms with Crippen LogP contribution in [0.25, 0.3) is 6.08 Å². The summed E-state index contributed by atoms with van der Waals surface area (Å²) in [6.07, 6.45) is 3.79. The number of nitrogens with zero attached hydrogens (tertiary/aromatic N) is 1. The van der Waals surface area contributed by atoms with Gasteiger partial charge < -0.3 is 9.64 Å². The van der Waals surface area contributed by atoms with Gasteiger partial charge in [-0.25, -0.2) is 8.42 Å². The molecular weight excluding hydrogens is 338 g/mol. The molecule has 1 saturated heterocycles. The number of hydrogen-bond donors (Lipinski definition) is 0. The Balaban J connectivity index is 2.07. The summed E-state index contributed by atoms with van der Waals surface area (Å²) < 4.78 is 28.5. The molecule has 1 heterocycles. The quantitative estimate of drug-likeness (QED) is 0.697. The summed E-state index contributed by atoms with van der Waals surface area (Å²) in [5.74, 6) is 0.481. The lowest BCUT2D eigenvalue weighted by molar-refractivity contribution is -0.128. The molecule has 6 heteroatoms. The van der Waals surface area contributed by atoms with Crippen LogP contribution in [0.2, 0.25) is 0 Å². The molecular formula is C19H27NO4S. The van der Waals surface area contributed by atoms with E-state index in [1.807, 2.05) is 12.1 Å². The summed E-state index contributed by atoms with van der Waals surface area (Å²) in [6, 6.07) is 7.82. The Kier molecular flexibility index (Phi) is 6.79. The molecule has 5 nitrogen and oxygen atoms in total. The van der Waals surface area contributed by atoms with Crippen molar-refractivity contribution >= 4 is 21.8 Å². The van der Waals surface area contributed by atoms with Gasteiger partial charge in [0.25, 0.3) is 0 Å². The molecule has 0 aromatic heterocycles. The highest BCUT2D eigenvalue weighted by Crippen LogP contribution is 2.19. The van der Waals surface area contributed by atoms with Crippen LogP contribution in [-0.2, 0) is 19.4 Å². The van der Waals surface area contributed by atoms with Crippen LogP contribution < -0.4 is 0 Å². The first kappa shape index (κ1) is 19.7. The maximum Gasteiger partial charge on any atom is 0.246 e. The summed E-state index contributed by atoms with van der Waals surface area (Å²) in [6.45, 7) is 5.06. The number of methoxy groups -OCH3 is 1. The van der Waals surface area contributed by atoms with E-state index in [9.17, 15) is 13.2 Å². The van der Waals surface area contributed by atoms with Crippen LogP contribution in [-0.4, -0.2) is 57.0 Å². The second kappa shape index (κ2) is 8.63. The number of benzene rings is 1. The minimum Gasteiger partial charge on any atom is -0.383 e. The van der Waals surface area contributed by atoms with Crippen LogP contribution in [0.5, 0.6) is 0 Å². The van der Waals surface area contributed by atoms with Gasteiger partial charge >= 0.3 is 0 Å². The maximum atomic E-state index is 12.6. The van der Waals surface area contributed by atoms with Crippen molar-refractivity contribution in [2.45, 2.75) is 32.2 Å². The van der Waals surface area contributed by atoms with E-state index in [2.05, 4.69) is 26.0 Å². The molecule has 0 bridgehead atoms. The largest absolute Gasteiger partial charge is 0.383 e. The zero-order valence-electron chi connectivity index (χ0n) is 15.1. The Morgan fingerprint density at radius 3 is 2.52 bits per heavy atom. The van der Waals surface area contributed by atoms with E-state index >= 15 is 0 Å². The number of hydrogen-bond acceptors (Lipinski definition) is 4. The van der Waals surface area contributed by atoms with Crippen molar-refractivity contribution in [3.05, 3.63) is 41.5 Å². The van der Waals surface area contributed by atoms with Gasteiger partial charge in [-0.2, -0.15) is 0 Å².